The average Bonchev–Trinajstić information content (AvgIpc) is 2.85. The number of unbranched alkanes of at least 4 members (excludes halogenated alkanes) is 27. The van der Waals surface area contributed by atoms with Crippen LogP contribution in [-0.4, -0.2) is 15.3 Å². The number of carbonyl (C=O) groups is 1. The summed E-state index contributed by atoms with van der Waals surface area (Å²) in [7, 11) is 0. The molecule has 0 saturated carbocycles. The quantitative estimate of drug-likeness (QED) is 0.0519. The van der Waals surface area contributed by atoms with Crippen molar-refractivity contribution in [1.82, 2.24) is 0 Å². The van der Waals surface area contributed by atoms with Gasteiger partial charge in [0.2, 0.25) is 0 Å². The summed E-state index contributed by atoms with van der Waals surface area (Å²) in [6, 6.07) is 0. The topological polar surface area (TPSA) is 37.3 Å². The molecule has 4 heteroatoms. The molecule has 0 aliphatic heterocycles. The van der Waals surface area contributed by atoms with Gasteiger partial charge in [-0.1, -0.05) is 179 Å². The molecule has 0 aromatic rings. The molecule has 0 aliphatic rings. The lowest BCUT2D eigenvalue weighted by atomic mass is 10.0. The third-order valence-electron chi connectivity index (χ3n) is 7.53. The van der Waals surface area contributed by atoms with E-state index in [1.165, 1.54) is 167 Å². The van der Waals surface area contributed by atoms with Gasteiger partial charge in [-0.3, -0.25) is 4.79 Å². The fourth-order valence-electron chi connectivity index (χ4n) is 5.15. The van der Waals surface area contributed by atoms with Crippen molar-refractivity contribution < 1.29 is 9.90 Å². The Labute approximate surface area is 237 Å². The van der Waals surface area contributed by atoms with Crippen molar-refractivity contribution in [2.24, 2.45) is 0 Å². The van der Waals surface area contributed by atoms with Crippen molar-refractivity contribution in [1.29, 1.82) is 0 Å². The van der Waals surface area contributed by atoms with Crippen LogP contribution in [0.1, 0.15) is 193 Å². The summed E-state index contributed by atoms with van der Waals surface area (Å²) in [6.45, 7) is 0. The van der Waals surface area contributed by atoms with Crippen molar-refractivity contribution >= 4 is 35.0 Å². The van der Waals surface area contributed by atoms with Crippen LogP contribution in [0.15, 0.2) is 0 Å². The predicted octanol–water partition coefficient (Wildman–Crippen LogP) is 12.0. The summed E-state index contributed by atoms with van der Waals surface area (Å²) < 4.78 is 0.871. The highest BCUT2D eigenvalue weighted by Gasteiger charge is 1.98. The normalized spacial score (nSPS) is 11.2. The summed E-state index contributed by atoms with van der Waals surface area (Å²) >= 11 is 9.19. The van der Waals surface area contributed by atoms with Gasteiger partial charge in [-0.05, 0) is 19.3 Å². The second-order valence-corrected chi connectivity index (χ2v) is 12.5. The lowest BCUT2D eigenvalue weighted by molar-refractivity contribution is -0.137. The first-order valence-electron chi connectivity index (χ1n) is 16.1. The van der Waals surface area contributed by atoms with E-state index < -0.39 is 5.97 Å². The summed E-state index contributed by atoms with van der Waals surface area (Å²) in [4.78, 5) is 10.5. The van der Waals surface area contributed by atoms with Crippen LogP contribution in [-0.2, 0) is 4.79 Å². The van der Waals surface area contributed by atoms with E-state index >= 15 is 0 Å². The van der Waals surface area contributed by atoms with Crippen molar-refractivity contribution in [2.45, 2.75) is 193 Å². The lowest BCUT2D eigenvalue weighted by Gasteiger charge is -2.04. The van der Waals surface area contributed by atoms with E-state index in [0.717, 1.165) is 23.5 Å². The van der Waals surface area contributed by atoms with Crippen molar-refractivity contribution in [2.75, 3.05) is 0 Å². The standard InChI is InChI=1S/C32H62O2S2/c33-31(34)29-27-25-23-21-19-17-15-13-11-9-7-5-3-1-2-4-6-8-10-12-14-16-18-20-22-24-26-28-30-32(35)36/h1-30H2,(H,33,34)(H,35,36). The molecule has 1 N–H and O–H groups in total. The molecule has 0 aromatic carbocycles. The van der Waals surface area contributed by atoms with Crippen LogP contribution in [0.3, 0.4) is 0 Å². The molecule has 36 heavy (non-hydrogen) atoms. The number of hydrogen-bond acceptors (Lipinski definition) is 2. The Bertz CT molecular complexity index is 425. The second-order valence-electron chi connectivity index (χ2n) is 11.2. The zero-order chi connectivity index (χ0) is 26.4. The number of hydrogen-bond donors (Lipinski definition) is 2. The Morgan fingerprint density at radius 1 is 0.389 bits per heavy atom. The first-order chi connectivity index (χ1) is 17.6. The summed E-state index contributed by atoms with van der Waals surface area (Å²) in [5.41, 5.74) is 0. The van der Waals surface area contributed by atoms with Gasteiger partial charge < -0.3 is 5.11 Å². The maximum atomic E-state index is 10.5. The van der Waals surface area contributed by atoms with Gasteiger partial charge in [-0.25, -0.2) is 0 Å². The minimum absolute atomic E-state index is 0.343. The Kier molecular flexibility index (Phi) is 31.1. The van der Waals surface area contributed by atoms with Gasteiger partial charge in [0.15, 0.2) is 0 Å². The van der Waals surface area contributed by atoms with Crippen LogP contribution in [0.2, 0.25) is 0 Å². The van der Waals surface area contributed by atoms with E-state index in [1.54, 1.807) is 0 Å². The smallest absolute Gasteiger partial charge is 0.303 e. The molecule has 0 aliphatic carbocycles. The largest absolute Gasteiger partial charge is 0.481 e. The Morgan fingerprint density at radius 3 is 0.722 bits per heavy atom. The van der Waals surface area contributed by atoms with Crippen molar-refractivity contribution in [3.8, 4) is 0 Å². The van der Waals surface area contributed by atoms with E-state index in [1.807, 2.05) is 0 Å². The number of carboxylic acids is 1. The molecule has 0 fully saturated rings. The highest BCUT2D eigenvalue weighted by Crippen LogP contribution is 2.16. The predicted molar refractivity (Wildman–Crippen MR) is 168 cm³/mol. The molecule has 0 atom stereocenters. The van der Waals surface area contributed by atoms with E-state index in [4.69, 9.17) is 17.3 Å². The SMILES string of the molecule is O=C(O)CCCCCCCCCCCCCCCCCCCCCCCCCCCCCCC(=S)S. The van der Waals surface area contributed by atoms with Crippen LogP contribution in [0.5, 0.6) is 0 Å². The van der Waals surface area contributed by atoms with E-state index in [-0.39, 0.29) is 0 Å². The molecule has 0 heterocycles. The van der Waals surface area contributed by atoms with Gasteiger partial charge in [-0.15, -0.1) is 12.6 Å². The van der Waals surface area contributed by atoms with E-state index in [0.29, 0.717) is 6.42 Å². The van der Waals surface area contributed by atoms with Gasteiger partial charge >= 0.3 is 5.97 Å². The maximum absolute atomic E-state index is 10.5. The molecule has 0 unspecified atom stereocenters. The van der Waals surface area contributed by atoms with Gasteiger partial charge in [-0.2, -0.15) is 0 Å². The molecular weight excluding hydrogens is 480 g/mol. The molecule has 0 aromatic heterocycles. The van der Waals surface area contributed by atoms with E-state index in [2.05, 4.69) is 12.6 Å². The van der Waals surface area contributed by atoms with Gasteiger partial charge in [0.25, 0.3) is 0 Å². The Hall–Kier alpha value is -0.0900. The van der Waals surface area contributed by atoms with Crippen molar-refractivity contribution in [3.63, 3.8) is 0 Å². The van der Waals surface area contributed by atoms with Crippen LogP contribution in [0.4, 0.5) is 0 Å². The minimum Gasteiger partial charge on any atom is -0.481 e. The Balaban J connectivity index is 3.03. The molecule has 0 rings (SSSR count). The number of thiocarbonyl (C=S) groups is 1. The maximum Gasteiger partial charge on any atom is 0.303 e. The summed E-state index contributed by atoms with van der Waals surface area (Å²) in [6.07, 6.45) is 39.7. The molecule has 0 spiro atoms. The molecule has 0 bridgehead atoms. The molecular formula is C32H62O2S2. The molecule has 214 valence electrons. The van der Waals surface area contributed by atoms with Crippen LogP contribution >= 0.6 is 24.8 Å². The lowest BCUT2D eigenvalue weighted by Crippen LogP contribution is -1.93. The van der Waals surface area contributed by atoms with Gasteiger partial charge in [0.1, 0.15) is 0 Å². The van der Waals surface area contributed by atoms with Crippen LogP contribution in [0, 0.1) is 0 Å². The third kappa shape index (κ3) is 33.9. The second kappa shape index (κ2) is 31.1. The fourth-order valence-corrected chi connectivity index (χ4v) is 5.45. The third-order valence-corrected chi connectivity index (χ3v) is 7.96. The minimum atomic E-state index is -0.651. The van der Waals surface area contributed by atoms with Crippen LogP contribution < -0.4 is 0 Å². The number of thiol groups is 1. The molecule has 0 radical (unpaired) electrons. The van der Waals surface area contributed by atoms with E-state index in [9.17, 15) is 4.79 Å². The molecule has 2 nitrogen and oxygen atoms in total. The highest BCUT2D eigenvalue weighted by molar-refractivity contribution is 8.11. The first kappa shape index (κ1) is 35.9. The fraction of sp³-hybridized carbons (Fsp3) is 0.938. The summed E-state index contributed by atoms with van der Waals surface area (Å²) in [5, 5.41) is 8.62. The van der Waals surface area contributed by atoms with Crippen LogP contribution in [0.25, 0.3) is 0 Å². The molecule has 0 amide bonds. The Morgan fingerprint density at radius 2 is 0.556 bits per heavy atom. The zero-order valence-electron chi connectivity index (χ0n) is 23.9. The average molecular weight is 543 g/mol. The number of rotatable bonds is 31. The number of carboxylic acid groups (broad SMARTS) is 1. The molecule has 0 saturated heterocycles. The van der Waals surface area contributed by atoms with Gasteiger partial charge in [0, 0.05) is 10.6 Å². The number of aliphatic carboxylic acids is 1. The monoisotopic (exact) mass is 542 g/mol. The summed E-state index contributed by atoms with van der Waals surface area (Å²) in [5.74, 6) is -0.651. The first-order valence-corrected chi connectivity index (χ1v) is 16.9. The highest BCUT2D eigenvalue weighted by atomic mass is 32.1. The van der Waals surface area contributed by atoms with Crippen molar-refractivity contribution in [3.05, 3.63) is 0 Å². The zero-order valence-corrected chi connectivity index (χ0v) is 25.6. The van der Waals surface area contributed by atoms with Gasteiger partial charge in [0.05, 0.1) is 0 Å².